The van der Waals surface area contributed by atoms with E-state index in [-0.39, 0.29) is 6.10 Å². The minimum absolute atomic E-state index is 0.178. The van der Waals surface area contributed by atoms with E-state index in [1.54, 1.807) is 0 Å². The standard InChI is InChI=1S/C27H40N6O/c1-4-5-19(2)30-27-29-18-24(26(32-27)31-22-7-9-23(34)10-8-22)25-11-6-21(17-28-25)16-20-12-14-33(3)15-13-20/h6,11,16-19,22-23,34H,4-5,7-10,12-15H2,1-3H3,(H2,29,30,31,32)/t19-,22?,23?/m0/s1. The first-order chi connectivity index (χ1) is 16.5. The Labute approximate surface area is 204 Å². The highest BCUT2D eigenvalue weighted by Crippen LogP contribution is 2.29. The maximum Gasteiger partial charge on any atom is 0.224 e. The number of nitrogens with one attached hydrogen (secondary N) is 2. The Morgan fingerprint density at radius 2 is 1.88 bits per heavy atom. The number of nitrogens with zero attached hydrogens (tertiary/aromatic N) is 4. The summed E-state index contributed by atoms with van der Waals surface area (Å²) in [5.41, 5.74) is 4.43. The molecule has 0 spiro atoms. The Hall–Kier alpha value is -2.51. The number of aliphatic hydroxyl groups excluding tert-OH is 1. The molecule has 1 atom stereocenters. The van der Waals surface area contributed by atoms with E-state index < -0.39 is 0 Å². The number of pyridine rings is 1. The molecule has 0 unspecified atom stereocenters. The molecule has 7 nitrogen and oxygen atoms in total. The summed E-state index contributed by atoms with van der Waals surface area (Å²) in [6.07, 6.45) is 13.9. The van der Waals surface area contributed by atoms with Crippen molar-refractivity contribution in [3.05, 3.63) is 35.7 Å². The van der Waals surface area contributed by atoms with Crippen molar-refractivity contribution in [2.45, 2.75) is 83.4 Å². The SMILES string of the molecule is CCC[C@H](C)Nc1ncc(-c2ccc(C=C3CCN(C)CC3)cn2)c(NC2CCC(O)CC2)n1. The van der Waals surface area contributed by atoms with Crippen LogP contribution in [0.15, 0.2) is 30.1 Å². The van der Waals surface area contributed by atoms with Crippen LogP contribution in [0.3, 0.4) is 0 Å². The Morgan fingerprint density at radius 1 is 1.12 bits per heavy atom. The fourth-order valence-corrected chi connectivity index (χ4v) is 4.82. The molecule has 3 N–H and O–H groups in total. The molecule has 1 saturated carbocycles. The Morgan fingerprint density at radius 3 is 2.56 bits per heavy atom. The molecule has 1 saturated heterocycles. The van der Waals surface area contributed by atoms with Gasteiger partial charge in [0.05, 0.1) is 17.4 Å². The highest BCUT2D eigenvalue weighted by molar-refractivity contribution is 5.73. The van der Waals surface area contributed by atoms with Crippen LogP contribution in [0.4, 0.5) is 11.8 Å². The smallest absolute Gasteiger partial charge is 0.224 e. The highest BCUT2D eigenvalue weighted by atomic mass is 16.3. The van der Waals surface area contributed by atoms with Crippen molar-refractivity contribution in [3.8, 4) is 11.3 Å². The second-order valence-corrected chi connectivity index (χ2v) is 10.0. The lowest BCUT2D eigenvalue weighted by Gasteiger charge is -2.27. The summed E-state index contributed by atoms with van der Waals surface area (Å²) >= 11 is 0. The van der Waals surface area contributed by atoms with E-state index in [0.717, 1.165) is 87.1 Å². The number of piperidine rings is 1. The van der Waals surface area contributed by atoms with Gasteiger partial charge in [0.25, 0.3) is 0 Å². The minimum Gasteiger partial charge on any atom is -0.393 e. The van der Waals surface area contributed by atoms with Gasteiger partial charge >= 0.3 is 0 Å². The highest BCUT2D eigenvalue weighted by Gasteiger charge is 2.22. The second-order valence-electron chi connectivity index (χ2n) is 10.0. The maximum absolute atomic E-state index is 9.90. The van der Waals surface area contributed by atoms with Crippen molar-refractivity contribution in [2.24, 2.45) is 0 Å². The number of hydrogen-bond acceptors (Lipinski definition) is 7. The van der Waals surface area contributed by atoms with Crippen LogP contribution < -0.4 is 10.6 Å². The average Bonchev–Trinajstić information content (AvgIpc) is 2.83. The van der Waals surface area contributed by atoms with Crippen LogP contribution in [0.25, 0.3) is 17.3 Å². The van der Waals surface area contributed by atoms with Crippen molar-refractivity contribution >= 4 is 17.8 Å². The molecular formula is C27H40N6O. The first-order valence-electron chi connectivity index (χ1n) is 12.9. The van der Waals surface area contributed by atoms with Gasteiger partial charge in [0.2, 0.25) is 5.95 Å². The largest absolute Gasteiger partial charge is 0.393 e. The zero-order valence-electron chi connectivity index (χ0n) is 20.9. The van der Waals surface area contributed by atoms with E-state index in [2.05, 4.69) is 59.6 Å². The van der Waals surface area contributed by atoms with Gasteiger partial charge in [-0.2, -0.15) is 4.98 Å². The van der Waals surface area contributed by atoms with Crippen molar-refractivity contribution in [1.29, 1.82) is 0 Å². The first kappa shape index (κ1) is 24.6. The van der Waals surface area contributed by atoms with Gasteiger partial charge in [-0.25, -0.2) is 4.98 Å². The van der Waals surface area contributed by atoms with E-state index in [9.17, 15) is 5.11 Å². The molecule has 0 radical (unpaired) electrons. The summed E-state index contributed by atoms with van der Waals surface area (Å²) in [5, 5.41) is 17.0. The predicted molar refractivity (Wildman–Crippen MR) is 140 cm³/mol. The van der Waals surface area contributed by atoms with Gasteiger partial charge in [-0.05, 0) is 70.5 Å². The monoisotopic (exact) mass is 464 g/mol. The maximum atomic E-state index is 9.90. The van der Waals surface area contributed by atoms with Gasteiger partial charge in [-0.15, -0.1) is 0 Å². The Kier molecular flexibility index (Phi) is 8.51. The van der Waals surface area contributed by atoms with Gasteiger partial charge in [0.15, 0.2) is 0 Å². The van der Waals surface area contributed by atoms with E-state index in [4.69, 9.17) is 9.97 Å². The molecule has 3 heterocycles. The third-order valence-corrected chi connectivity index (χ3v) is 6.99. The first-order valence-corrected chi connectivity index (χ1v) is 12.9. The van der Waals surface area contributed by atoms with Gasteiger partial charge in [0, 0.05) is 37.6 Å². The Balaban J connectivity index is 1.54. The van der Waals surface area contributed by atoms with E-state index >= 15 is 0 Å². The van der Waals surface area contributed by atoms with Crippen molar-refractivity contribution in [1.82, 2.24) is 19.9 Å². The van der Waals surface area contributed by atoms with Crippen molar-refractivity contribution < 1.29 is 5.11 Å². The predicted octanol–water partition coefficient (Wildman–Crippen LogP) is 4.96. The quantitative estimate of drug-likeness (QED) is 0.509. The fourth-order valence-electron chi connectivity index (χ4n) is 4.82. The van der Waals surface area contributed by atoms with E-state index in [0.29, 0.717) is 18.0 Å². The third kappa shape index (κ3) is 6.76. The van der Waals surface area contributed by atoms with Crippen LogP contribution in [0, 0.1) is 0 Å². The van der Waals surface area contributed by atoms with Crippen molar-refractivity contribution in [3.63, 3.8) is 0 Å². The van der Waals surface area contributed by atoms with Crippen LogP contribution in [0.2, 0.25) is 0 Å². The summed E-state index contributed by atoms with van der Waals surface area (Å²) in [4.78, 5) is 16.6. The van der Waals surface area contributed by atoms with E-state index in [1.165, 1.54) is 5.57 Å². The van der Waals surface area contributed by atoms with Crippen LogP contribution >= 0.6 is 0 Å². The summed E-state index contributed by atoms with van der Waals surface area (Å²) in [6.45, 7) is 6.60. The summed E-state index contributed by atoms with van der Waals surface area (Å²) in [5.74, 6) is 1.46. The molecule has 4 rings (SSSR count). The summed E-state index contributed by atoms with van der Waals surface area (Å²) < 4.78 is 0. The molecule has 2 aliphatic rings. The summed E-state index contributed by atoms with van der Waals surface area (Å²) in [7, 11) is 2.18. The molecule has 34 heavy (non-hydrogen) atoms. The lowest BCUT2D eigenvalue weighted by atomic mass is 9.93. The van der Waals surface area contributed by atoms with Gasteiger partial charge < -0.3 is 20.6 Å². The molecule has 184 valence electrons. The van der Waals surface area contributed by atoms with Gasteiger partial charge in [-0.1, -0.05) is 31.1 Å². The zero-order valence-corrected chi connectivity index (χ0v) is 20.9. The van der Waals surface area contributed by atoms with E-state index in [1.807, 2.05) is 12.4 Å². The molecular weight excluding hydrogens is 424 g/mol. The van der Waals surface area contributed by atoms with Crippen molar-refractivity contribution in [2.75, 3.05) is 30.8 Å². The molecule has 1 aliphatic heterocycles. The third-order valence-electron chi connectivity index (χ3n) is 6.99. The topological polar surface area (TPSA) is 86.2 Å². The number of anilines is 2. The molecule has 2 aromatic heterocycles. The average molecular weight is 465 g/mol. The van der Waals surface area contributed by atoms with Crippen LogP contribution in [-0.4, -0.2) is 63.3 Å². The molecule has 1 aliphatic carbocycles. The molecule has 0 aromatic carbocycles. The molecule has 0 bridgehead atoms. The molecule has 7 heteroatoms. The molecule has 0 amide bonds. The number of rotatable bonds is 8. The molecule has 2 fully saturated rings. The van der Waals surface area contributed by atoms with Gasteiger partial charge in [0.1, 0.15) is 5.82 Å². The van der Waals surface area contributed by atoms with Crippen LogP contribution in [-0.2, 0) is 0 Å². The minimum atomic E-state index is -0.178. The lowest BCUT2D eigenvalue weighted by Crippen LogP contribution is -2.29. The lowest BCUT2D eigenvalue weighted by molar-refractivity contribution is 0.126. The van der Waals surface area contributed by atoms with Crippen LogP contribution in [0.1, 0.15) is 70.8 Å². The van der Waals surface area contributed by atoms with Gasteiger partial charge in [-0.3, -0.25) is 4.98 Å². The number of aliphatic hydroxyl groups is 1. The summed E-state index contributed by atoms with van der Waals surface area (Å²) in [6, 6.07) is 4.83. The molecule has 2 aromatic rings. The zero-order chi connectivity index (χ0) is 23.9. The number of aromatic nitrogens is 3. The second kappa shape index (κ2) is 11.8. The number of likely N-dealkylation sites (tertiary alicyclic amines) is 1. The normalized spacial score (nSPS) is 22.3. The number of hydrogen-bond donors (Lipinski definition) is 3. The van der Waals surface area contributed by atoms with Crippen LogP contribution in [0.5, 0.6) is 0 Å². The fraction of sp³-hybridized carbons (Fsp3) is 0.593. The Bertz CT molecular complexity index is 942.